The van der Waals surface area contributed by atoms with Crippen molar-refractivity contribution >= 4 is 27.3 Å². The van der Waals surface area contributed by atoms with Crippen LogP contribution in [0.2, 0.25) is 0 Å². The molecule has 1 atom stereocenters. The Bertz CT molecular complexity index is 969. The molecule has 1 heterocycles. The fourth-order valence-corrected chi connectivity index (χ4v) is 4.02. The van der Waals surface area contributed by atoms with Crippen molar-refractivity contribution in [3.05, 3.63) is 54.1 Å². The highest BCUT2D eigenvalue weighted by molar-refractivity contribution is 7.92. The number of nitrogens with one attached hydrogen (secondary N) is 1. The van der Waals surface area contributed by atoms with E-state index in [0.717, 1.165) is 24.9 Å². The third-order valence-electron chi connectivity index (χ3n) is 5.51. The molecule has 168 valence electrons. The molecule has 1 amide bonds. The number of hydrogen-bond acceptors (Lipinski definition) is 5. The van der Waals surface area contributed by atoms with Gasteiger partial charge < -0.3 is 15.0 Å². The summed E-state index contributed by atoms with van der Waals surface area (Å²) in [5, 5.41) is 2.94. The van der Waals surface area contributed by atoms with Crippen molar-refractivity contribution in [2.24, 2.45) is 0 Å². The molecule has 0 radical (unpaired) electrons. The van der Waals surface area contributed by atoms with Crippen molar-refractivity contribution in [1.29, 1.82) is 0 Å². The second kappa shape index (κ2) is 10.0. The number of sulfonamides is 1. The van der Waals surface area contributed by atoms with Crippen molar-refractivity contribution in [2.75, 3.05) is 35.6 Å². The molecular formula is C23H31N3O4S. The van der Waals surface area contributed by atoms with Gasteiger partial charge in [-0.2, -0.15) is 0 Å². The van der Waals surface area contributed by atoms with Gasteiger partial charge in [0.25, 0.3) is 5.91 Å². The number of hydrogen-bond donors (Lipinski definition) is 1. The van der Waals surface area contributed by atoms with Crippen LogP contribution in [0.4, 0.5) is 11.4 Å². The second-order valence-electron chi connectivity index (χ2n) is 7.82. The summed E-state index contributed by atoms with van der Waals surface area (Å²) in [6.07, 6.45) is 3.53. The van der Waals surface area contributed by atoms with E-state index < -0.39 is 16.1 Å². The summed E-state index contributed by atoms with van der Waals surface area (Å²) in [6, 6.07) is 15.0. The molecule has 7 nitrogen and oxygen atoms in total. The third kappa shape index (κ3) is 6.13. The molecule has 1 aliphatic heterocycles. The van der Waals surface area contributed by atoms with E-state index in [-0.39, 0.29) is 5.91 Å². The van der Waals surface area contributed by atoms with Crippen LogP contribution in [0.15, 0.2) is 48.5 Å². The molecule has 1 aliphatic rings. The molecule has 1 fully saturated rings. The largest absolute Gasteiger partial charge is 0.481 e. The highest BCUT2D eigenvalue weighted by Crippen LogP contribution is 2.22. The first-order valence-electron chi connectivity index (χ1n) is 10.6. The Morgan fingerprint density at radius 1 is 1.10 bits per heavy atom. The summed E-state index contributed by atoms with van der Waals surface area (Å²) in [6.45, 7) is 4.55. The zero-order valence-electron chi connectivity index (χ0n) is 18.4. The van der Waals surface area contributed by atoms with Crippen LogP contribution in [0.5, 0.6) is 5.75 Å². The Labute approximate surface area is 185 Å². The van der Waals surface area contributed by atoms with E-state index in [4.69, 9.17) is 4.74 Å². The third-order valence-corrected chi connectivity index (χ3v) is 6.72. The lowest BCUT2D eigenvalue weighted by molar-refractivity contribution is -0.128. The van der Waals surface area contributed by atoms with E-state index in [0.29, 0.717) is 24.4 Å². The van der Waals surface area contributed by atoms with Crippen LogP contribution in [-0.4, -0.2) is 46.8 Å². The average molecular weight is 446 g/mol. The number of ether oxygens (including phenoxy) is 1. The molecule has 0 spiro atoms. The van der Waals surface area contributed by atoms with Crippen molar-refractivity contribution in [3.63, 3.8) is 0 Å². The fraction of sp³-hybridized carbons (Fsp3) is 0.435. The van der Waals surface area contributed by atoms with Crippen LogP contribution in [0, 0.1) is 0 Å². The molecule has 0 bridgehead atoms. The van der Waals surface area contributed by atoms with Crippen molar-refractivity contribution < 1.29 is 17.9 Å². The van der Waals surface area contributed by atoms with Crippen LogP contribution in [0.25, 0.3) is 0 Å². The first-order chi connectivity index (χ1) is 14.8. The first kappa shape index (κ1) is 22.9. The predicted molar refractivity (Wildman–Crippen MR) is 124 cm³/mol. The van der Waals surface area contributed by atoms with Gasteiger partial charge in [-0.15, -0.1) is 0 Å². The van der Waals surface area contributed by atoms with Gasteiger partial charge in [0.15, 0.2) is 6.10 Å². The molecule has 1 N–H and O–H groups in total. The molecule has 8 heteroatoms. The van der Waals surface area contributed by atoms with Gasteiger partial charge in [0.05, 0.1) is 11.9 Å². The van der Waals surface area contributed by atoms with Gasteiger partial charge >= 0.3 is 0 Å². The Hall–Kier alpha value is -2.74. The highest BCUT2D eigenvalue weighted by atomic mass is 32.2. The lowest BCUT2D eigenvalue weighted by Gasteiger charge is -2.20. The lowest BCUT2D eigenvalue weighted by Crippen LogP contribution is -2.37. The van der Waals surface area contributed by atoms with Crippen molar-refractivity contribution in [1.82, 2.24) is 5.32 Å². The van der Waals surface area contributed by atoms with Crippen molar-refractivity contribution in [3.8, 4) is 5.75 Å². The van der Waals surface area contributed by atoms with Crippen LogP contribution in [0.1, 0.15) is 31.7 Å². The zero-order valence-corrected chi connectivity index (χ0v) is 19.2. The highest BCUT2D eigenvalue weighted by Gasteiger charge is 2.19. The van der Waals surface area contributed by atoms with Gasteiger partial charge in [-0.3, -0.25) is 9.10 Å². The molecule has 0 aliphatic carbocycles. The van der Waals surface area contributed by atoms with Gasteiger partial charge in [-0.1, -0.05) is 19.1 Å². The van der Waals surface area contributed by atoms with Gasteiger partial charge in [0.1, 0.15) is 5.75 Å². The smallest absolute Gasteiger partial charge is 0.261 e. The van der Waals surface area contributed by atoms with E-state index >= 15 is 0 Å². The van der Waals surface area contributed by atoms with Crippen LogP contribution < -0.4 is 19.3 Å². The number of amides is 1. The summed E-state index contributed by atoms with van der Waals surface area (Å²) < 4.78 is 30.3. The van der Waals surface area contributed by atoms with Crippen LogP contribution in [0.3, 0.4) is 0 Å². The predicted octanol–water partition coefficient (Wildman–Crippen LogP) is 3.16. The first-order valence-corrected chi connectivity index (χ1v) is 12.4. The molecule has 0 unspecified atom stereocenters. The fourth-order valence-electron chi connectivity index (χ4n) is 3.52. The minimum absolute atomic E-state index is 0.177. The van der Waals surface area contributed by atoms with E-state index in [1.807, 2.05) is 19.1 Å². The summed E-state index contributed by atoms with van der Waals surface area (Å²) in [5.41, 5.74) is 2.80. The standard InChI is InChI=1S/C23H31N3O4S/c1-4-22(30-21-13-11-19(12-14-21)25(2)31(3,28)29)23(27)24-17-18-7-9-20(10-8-18)26-15-5-6-16-26/h7-14,22H,4-6,15-17H2,1-3H3,(H,24,27)/t22-/m1/s1. The topological polar surface area (TPSA) is 78.9 Å². The lowest BCUT2D eigenvalue weighted by atomic mass is 10.2. The quantitative estimate of drug-likeness (QED) is 0.641. The maximum absolute atomic E-state index is 12.6. The molecule has 31 heavy (non-hydrogen) atoms. The molecule has 3 rings (SSSR count). The number of carbonyl (C=O) groups is 1. The average Bonchev–Trinajstić information content (AvgIpc) is 3.30. The number of anilines is 2. The number of rotatable bonds is 9. The number of nitrogens with zero attached hydrogens (tertiary/aromatic N) is 2. The Morgan fingerprint density at radius 3 is 2.26 bits per heavy atom. The van der Waals surface area contributed by atoms with E-state index in [2.05, 4.69) is 22.3 Å². The van der Waals surface area contributed by atoms with Crippen LogP contribution in [-0.2, 0) is 21.4 Å². The normalized spacial score (nSPS) is 14.9. The zero-order chi connectivity index (χ0) is 22.4. The molecule has 1 saturated heterocycles. The molecule has 2 aromatic rings. The minimum atomic E-state index is -3.33. The van der Waals surface area contributed by atoms with Gasteiger partial charge in [-0.25, -0.2) is 8.42 Å². The second-order valence-corrected chi connectivity index (χ2v) is 9.83. The number of benzene rings is 2. The number of carbonyl (C=O) groups excluding carboxylic acids is 1. The summed E-state index contributed by atoms with van der Waals surface area (Å²) >= 11 is 0. The Kier molecular flexibility index (Phi) is 7.43. The Morgan fingerprint density at radius 2 is 1.71 bits per heavy atom. The van der Waals surface area contributed by atoms with E-state index in [1.54, 1.807) is 24.3 Å². The molecule has 0 saturated carbocycles. The van der Waals surface area contributed by atoms with E-state index in [9.17, 15) is 13.2 Å². The monoisotopic (exact) mass is 445 g/mol. The van der Waals surface area contributed by atoms with Gasteiger partial charge in [0, 0.05) is 32.4 Å². The Balaban J connectivity index is 1.54. The molecule has 2 aromatic carbocycles. The van der Waals surface area contributed by atoms with Gasteiger partial charge in [-0.05, 0) is 61.2 Å². The summed E-state index contributed by atoms with van der Waals surface area (Å²) in [7, 11) is -1.83. The van der Waals surface area contributed by atoms with Crippen LogP contribution >= 0.6 is 0 Å². The minimum Gasteiger partial charge on any atom is -0.481 e. The van der Waals surface area contributed by atoms with Crippen molar-refractivity contribution in [2.45, 2.75) is 38.8 Å². The summed E-state index contributed by atoms with van der Waals surface area (Å²) in [5.74, 6) is 0.339. The molecule has 0 aromatic heterocycles. The maximum Gasteiger partial charge on any atom is 0.261 e. The van der Waals surface area contributed by atoms with Gasteiger partial charge in [0.2, 0.25) is 10.0 Å². The SMILES string of the molecule is CC[C@@H](Oc1ccc(N(C)S(C)(=O)=O)cc1)C(=O)NCc1ccc(N2CCCC2)cc1. The summed E-state index contributed by atoms with van der Waals surface area (Å²) in [4.78, 5) is 15.0. The molecular weight excluding hydrogens is 414 g/mol. The van der Waals surface area contributed by atoms with E-state index in [1.165, 1.54) is 29.9 Å². The maximum atomic E-state index is 12.6.